The van der Waals surface area contributed by atoms with Gasteiger partial charge in [0.1, 0.15) is 11.1 Å². The van der Waals surface area contributed by atoms with E-state index in [-0.39, 0.29) is 5.56 Å². The number of alkyl halides is 3. The number of carbonyl (C=O) groups excluding carboxylic acids is 1. The zero-order valence-corrected chi connectivity index (χ0v) is 13.3. The van der Waals surface area contributed by atoms with Crippen molar-refractivity contribution in [1.29, 1.82) is 0 Å². The summed E-state index contributed by atoms with van der Waals surface area (Å²) < 4.78 is 42.0. The Kier molecular flexibility index (Phi) is 4.43. The Balaban J connectivity index is 2.79. The van der Waals surface area contributed by atoms with E-state index in [1.807, 2.05) is 0 Å². The largest absolute Gasteiger partial charge is 0.478 e. The molecular weight excluding hydrogens is 325 g/mol. The number of carboxylic acid groups (broad SMARTS) is 1. The summed E-state index contributed by atoms with van der Waals surface area (Å²) in [6, 6.07) is 1.94. The molecule has 1 aromatic heterocycles. The number of hydrogen-bond donors (Lipinski definition) is 1. The lowest BCUT2D eigenvalue weighted by Crippen LogP contribution is -2.64. The van der Waals surface area contributed by atoms with Crippen molar-refractivity contribution < 1.29 is 27.9 Å². The standard InChI is InChI=1S/C16H17F3N2O3/c1-9(2)21-8-11(14(23)24)13(22)12(10-4-6-20-7-5-10)15(21,3)16(17,18)19/h4-9,12H,1-3H3,(H,23,24). The van der Waals surface area contributed by atoms with E-state index in [2.05, 4.69) is 4.98 Å². The zero-order chi connectivity index (χ0) is 18.3. The lowest BCUT2D eigenvalue weighted by atomic mass is 9.71. The average molecular weight is 342 g/mol. The average Bonchev–Trinajstić information content (AvgIpc) is 2.46. The minimum atomic E-state index is -4.76. The summed E-state index contributed by atoms with van der Waals surface area (Å²) in [7, 11) is 0. The molecule has 2 rings (SSSR count). The van der Waals surface area contributed by atoms with Gasteiger partial charge in [-0.1, -0.05) is 0 Å². The van der Waals surface area contributed by atoms with Gasteiger partial charge in [-0.2, -0.15) is 13.2 Å². The maximum Gasteiger partial charge on any atom is 0.412 e. The fourth-order valence-electron chi connectivity index (χ4n) is 3.08. The number of nitrogens with zero attached hydrogens (tertiary/aromatic N) is 2. The van der Waals surface area contributed by atoms with Gasteiger partial charge in [-0.3, -0.25) is 9.78 Å². The Morgan fingerprint density at radius 3 is 2.29 bits per heavy atom. The number of ketones is 1. The molecule has 1 aliphatic rings. The summed E-state index contributed by atoms with van der Waals surface area (Å²) in [6.45, 7) is 3.95. The Bertz CT molecular complexity index is 686. The normalized spacial score (nSPS) is 25.0. The number of rotatable bonds is 3. The summed E-state index contributed by atoms with van der Waals surface area (Å²) in [6.07, 6.45) is -1.41. The molecule has 2 unspecified atom stereocenters. The molecular formula is C16H17F3N2O3. The molecule has 0 aromatic carbocycles. The number of pyridine rings is 1. The minimum absolute atomic E-state index is 0.0762. The molecule has 0 bridgehead atoms. The Hall–Kier alpha value is -2.38. The molecule has 130 valence electrons. The van der Waals surface area contributed by atoms with E-state index in [1.165, 1.54) is 38.4 Å². The summed E-state index contributed by atoms with van der Waals surface area (Å²) >= 11 is 0. The van der Waals surface area contributed by atoms with Gasteiger partial charge in [-0.25, -0.2) is 4.79 Å². The molecule has 0 spiro atoms. The molecule has 2 atom stereocenters. The lowest BCUT2D eigenvalue weighted by molar-refractivity contribution is -0.232. The lowest BCUT2D eigenvalue weighted by Gasteiger charge is -2.50. The van der Waals surface area contributed by atoms with E-state index in [4.69, 9.17) is 0 Å². The highest BCUT2D eigenvalue weighted by Gasteiger charge is 2.64. The van der Waals surface area contributed by atoms with Gasteiger partial charge in [0, 0.05) is 24.6 Å². The molecule has 0 radical (unpaired) electrons. The molecule has 0 saturated carbocycles. The van der Waals surface area contributed by atoms with Crippen molar-refractivity contribution in [2.45, 2.75) is 44.4 Å². The second-order valence-corrected chi connectivity index (χ2v) is 6.07. The second-order valence-electron chi connectivity index (χ2n) is 6.07. The van der Waals surface area contributed by atoms with Crippen LogP contribution in [0, 0.1) is 0 Å². The van der Waals surface area contributed by atoms with Crippen molar-refractivity contribution in [3.05, 3.63) is 41.9 Å². The van der Waals surface area contributed by atoms with Crippen LogP contribution < -0.4 is 0 Å². The summed E-state index contributed by atoms with van der Waals surface area (Å²) in [4.78, 5) is 28.6. The first kappa shape index (κ1) is 18.0. The van der Waals surface area contributed by atoms with Crippen LogP contribution >= 0.6 is 0 Å². The van der Waals surface area contributed by atoms with Crippen LogP contribution in [0.1, 0.15) is 32.3 Å². The maximum atomic E-state index is 14.0. The van der Waals surface area contributed by atoms with Gasteiger partial charge >= 0.3 is 12.1 Å². The third kappa shape index (κ3) is 2.65. The van der Waals surface area contributed by atoms with Crippen molar-refractivity contribution in [3.63, 3.8) is 0 Å². The van der Waals surface area contributed by atoms with Gasteiger partial charge < -0.3 is 10.0 Å². The highest BCUT2D eigenvalue weighted by atomic mass is 19.4. The fraction of sp³-hybridized carbons (Fsp3) is 0.438. The Morgan fingerprint density at radius 2 is 1.88 bits per heavy atom. The van der Waals surface area contributed by atoms with Crippen LogP contribution in [0.5, 0.6) is 0 Å². The summed E-state index contributed by atoms with van der Waals surface area (Å²) in [5.41, 5.74) is -3.15. The van der Waals surface area contributed by atoms with E-state index in [1.54, 1.807) is 0 Å². The van der Waals surface area contributed by atoms with Crippen molar-refractivity contribution in [2.24, 2.45) is 0 Å². The fourth-order valence-corrected chi connectivity index (χ4v) is 3.08. The predicted octanol–water partition coefficient (Wildman–Crippen LogP) is 2.75. The number of carbonyl (C=O) groups is 2. The number of aliphatic carboxylic acids is 1. The maximum absolute atomic E-state index is 14.0. The molecule has 0 amide bonds. The molecule has 1 aromatic rings. The van der Waals surface area contributed by atoms with Gasteiger partial charge in [0.05, 0.1) is 5.92 Å². The number of halogens is 3. The molecule has 0 saturated heterocycles. The number of carboxylic acids is 1. The highest BCUT2D eigenvalue weighted by Crippen LogP contribution is 2.50. The van der Waals surface area contributed by atoms with E-state index in [9.17, 15) is 27.9 Å². The van der Waals surface area contributed by atoms with E-state index < -0.39 is 41.0 Å². The summed E-state index contributed by atoms with van der Waals surface area (Å²) in [5, 5.41) is 9.24. The number of Topliss-reactive ketones (excluding diaryl/α,β-unsaturated/α-hetero) is 1. The first-order chi connectivity index (χ1) is 11.0. The molecule has 1 N–H and O–H groups in total. The van der Waals surface area contributed by atoms with Crippen molar-refractivity contribution >= 4 is 11.8 Å². The van der Waals surface area contributed by atoms with Crippen LogP contribution in [-0.2, 0) is 9.59 Å². The third-order valence-electron chi connectivity index (χ3n) is 4.29. The first-order valence-electron chi connectivity index (χ1n) is 7.26. The van der Waals surface area contributed by atoms with E-state index >= 15 is 0 Å². The van der Waals surface area contributed by atoms with Crippen LogP contribution in [0.25, 0.3) is 0 Å². The van der Waals surface area contributed by atoms with Gasteiger partial charge in [0.2, 0.25) is 0 Å². The molecule has 24 heavy (non-hydrogen) atoms. The third-order valence-corrected chi connectivity index (χ3v) is 4.29. The number of hydrogen-bond acceptors (Lipinski definition) is 4. The monoisotopic (exact) mass is 342 g/mol. The van der Waals surface area contributed by atoms with Crippen LogP contribution in [0.4, 0.5) is 13.2 Å². The molecule has 0 aliphatic carbocycles. The molecule has 2 heterocycles. The first-order valence-corrected chi connectivity index (χ1v) is 7.26. The summed E-state index contributed by atoms with van der Waals surface area (Å²) in [5.74, 6) is -4.31. The van der Waals surface area contributed by atoms with Crippen molar-refractivity contribution in [1.82, 2.24) is 9.88 Å². The van der Waals surface area contributed by atoms with E-state index in [0.717, 1.165) is 18.0 Å². The molecule has 5 nitrogen and oxygen atoms in total. The zero-order valence-electron chi connectivity index (χ0n) is 13.3. The van der Waals surface area contributed by atoms with Crippen molar-refractivity contribution in [3.8, 4) is 0 Å². The highest BCUT2D eigenvalue weighted by molar-refractivity contribution is 6.20. The second kappa shape index (κ2) is 5.92. The molecule has 1 aliphatic heterocycles. The molecule has 8 heteroatoms. The van der Waals surface area contributed by atoms with Gasteiger partial charge in [0.25, 0.3) is 0 Å². The van der Waals surface area contributed by atoms with E-state index in [0.29, 0.717) is 0 Å². The van der Waals surface area contributed by atoms with Gasteiger partial charge in [-0.05, 0) is 38.5 Å². The number of aromatic nitrogens is 1. The Morgan fingerprint density at radius 1 is 1.33 bits per heavy atom. The Labute approximate surface area is 136 Å². The van der Waals surface area contributed by atoms with Gasteiger partial charge in [0.15, 0.2) is 5.78 Å². The molecule has 0 fully saturated rings. The van der Waals surface area contributed by atoms with Crippen molar-refractivity contribution in [2.75, 3.05) is 0 Å². The minimum Gasteiger partial charge on any atom is -0.478 e. The predicted molar refractivity (Wildman–Crippen MR) is 79.1 cm³/mol. The van der Waals surface area contributed by atoms with Gasteiger partial charge in [-0.15, -0.1) is 0 Å². The smallest absolute Gasteiger partial charge is 0.412 e. The SMILES string of the molecule is CC(C)N1C=C(C(=O)O)C(=O)C(c2ccncc2)C1(C)C(F)(F)F. The van der Waals surface area contributed by atoms with Crippen LogP contribution in [0.2, 0.25) is 0 Å². The van der Waals surface area contributed by atoms with Crippen LogP contribution in [-0.4, -0.2) is 44.5 Å². The quantitative estimate of drug-likeness (QED) is 0.856. The van der Waals surface area contributed by atoms with Crippen LogP contribution in [0.15, 0.2) is 36.3 Å². The van der Waals surface area contributed by atoms with Crippen LogP contribution in [0.3, 0.4) is 0 Å². The topological polar surface area (TPSA) is 70.5 Å².